The molecule has 4 fully saturated rings. The maximum Gasteiger partial charge on any atom is 0.238 e. The Kier molecular flexibility index (Phi) is 5.87. The molecule has 43 heavy (non-hydrogen) atoms. The van der Waals surface area contributed by atoms with E-state index in [2.05, 4.69) is 25.3 Å². The summed E-state index contributed by atoms with van der Waals surface area (Å²) in [4.78, 5) is 56.4. The first kappa shape index (κ1) is 26.3. The normalized spacial score (nSPS) is 33.3. The fourth-order valence-corrected chi connectivity index (χ4v) is 9.29. The van der Waals surface area contributed by atoms with Crippen LogP contribution in [0.2, 0.25) is 0 Å². The van der Waals surface area contributed by atoms with E-state index in [4.69, 9.17) is 0 Å². The Hall–Kier alpha value is -4.32. The van der Waals surface area contributed by atoms with Crippen LogP contribution in [0.25, 0.3) is 0 Å². The van der Waals surface area contributed by atoms with E-state index in [1.807, 2.05) is 60.7 Å². The minimum atomic E-state index is -0.245. The van der Waals surface area contributed by atoms with Gasteiger partial charge in [-0.25, -0.2) is 0 Å². The van der Waals surface area contributed by atoms with Gasteiger partial charge in [0.2, 0.25) is 23.6 Å². The van der Waals surface area contributed by atoms with Gasteiger partial charge in [-0.05, 0) is 91.2 Å². The maximum atomic E-state index is 13.4. The van der Waals surface area contributed by atoms with Crippen molar-refractivity contribution in [3.05, 3.63) is 108 Å². The number of amides is 4. The molecule has 2 saturated heterocycles. The van der Waals surface area contributed by atoms with Gasteiger partial charge in [0.05, 0.1) is 35.0 Å². The smallest absolute Gasteiger partial charge is 0.238 e. The predicted octanol–water partition coefficient (Wildman–Crippen LogP) is 5.79. The first-order chi connectivity index (χ1) is 20.9. The number of allylic oxidation sites excluding steroid dienone is 6. The van der Waals surface area contributed by atoms with Crippen molar-refractivity contribution in [2.75, 3.05) is 9.80 Å². The molecular weight excluding hydrogens is 536 g/mol. The Morgan fingerprint density at radius 1 is 0.581 bits per heavy atom. The van der Waals surface area contributed by atoms with Gasteiger partial charge in [0.15, 0.2) is 0 Å². The minimum absolute atomic E-state index is 0.0728. The topological polar surface area (TPSA) is 74.8 Å². The number of carbonyl (C=O) groups is 4. The molecule has 216 valence electrons. The number of anilines is 2. The summed E-state index contributed by atoms with van der Waals surface area (Å²) in [6, 6.07) is 15.3. The molecule has 6 aliphatic rings. The van der Waals surface area contributed by atoms with Crippen molar-refractivity contribution in [3.8, 4) is 0 Å². The summed E-state index contributed by atoms with van der Waals surface area (Å²) in [7, 11) is 0. The van der Waals surface area contributed by atoms with E-state index >= 15 is 0 Å². The van der Waals surface area contributed by atoms with Gasteiger partial charge in [0.25, 0.3) is 0 Å². The lowest BCUT2D eigenvalue weighted by atomic mass is 9.80. The van der Waals surface area contributed by atoms with E-state index in [9.17, 15) is 19.2 Å². The van der Waals surface area contributed by atoms with Gasteiger partial charge >= 0.3 is 0 Å². The summed E-state index contributed by atoms with van der Waals surface area (Å²) >= 11 is 0. The first-order valence-corrected chi connectivity index (χ1v) is 15.5. The molecule has 2 aromatic carbocycles. The molecular formula is C37H34N2O4. The van der Waals surface area contributed by atoms with Crippen molar-refractivity contribution in [3.63, 3.8) is 0 Å². The Balaban J connectivity index is 0.947. The van der Waals surface area contributed by atoms with Crippen LogP contribution in [0.1, 0.15) is 36.8 Å². The van der Waals surface area contributed by atoms with E-state index < -0.39 is 0 Å². The summed E-state index contributed by atoms with van der Waals surface area (Å²) in [5, 5.41) is 0. The molecule has 2 aliphatic heterocycles. The quantitative estimate of drug-likeness (QED) is 0.297. The molecule has 0 radical (unpaired) electrons. The number of hydrogen-bond donors (Lipinski definition) is 0. The molecule has 4 aliphatic carbocycles. The second-order valence-corrected chi connectivity index (χ2v) is 13.1. The highest BCUT2D eigenvalue weighted by Gasteiger charge is 2.62. The lowest BCUT2D eigenvalue weighted by Gasteiger charge is -2.21. The fraction of sp³-hybridized carbons (Fsp3) is 0.351. The standard InChI is InChI=1S/C37H34N2O4/c1-3-5-22-16-24-18-28(22)32-30(24)34(40)38(36(32)42)26-11-7-20(8-12-26)15-21-9-13-27(14-10-21)39-35(41)31-25-17-23(6-4-2)29(19-25)33(31)37(39)43/h3-4,7-14,16-17,24-25,28-33H,1-2,5-6,15,18-19H2. The monoisotopic (exact) mass is 570 g/mol. The molecule has 4 amide bonds. The SMILES string of the molecule is C=CCC1=CC2CC1C1C(=O)N(c3ccc(Cc4ccc(N5C(=O)C6C7C=C(CC=C)C(C7)C6C5=O)cc4)cc3)C(=O)C21. The third-order valence-corrected chi connectivity index (χ3v) is 11.0. The highest BCUT2D eigenvalue weighted by molar-refractivity contribution is 6.23. The molecule has 4 bridgehead atoms. The molecule has 8 rings (SSSR count). The number of nitrogens with zero attached hydrogens (tertiary/aromatic N) is 2. The van der Waals surface area contributed by atoms with E-state index in [1.54, 1.807) is 0 Å². The van der Waals surface area contributed by atoms with Crippen molar-refractivity contribution >= 4 is 35.0 Å². The van der Waals surface area contributed by atoms with Crippen LogP contribution in [0.3, 0.4) is 0 Å². The summed E-state index contributed by atoms with van der Waals surface area (Å²) in [6.45, 7) is 7.69. The number of carbonyl (C=O) groups excluding carboxylic acids is 4. The van der Waals surface area contributed by atoms with Gasteiger partial charge in [0, 0.05) is 0 Å². The number of fused-ring (bicyclic) bond motifs is 10. The van der Waals surface area contributed by atoms with Gasteiger partial charge < -0.3 is 0 Å². The molecule has 2 aromatic rings. The Labute approximate surface area is 251 Å². The minimum Gasteiger partial charge on any atom is -0.274 e. The highest BCUT2D eigenvalue weighted by Crippen LogP contribution is 2.58. The van der Waals surface area contributed by atoms with Crippen LogP contribution in [-0.2, 0) is 25.6 Å². The first-order valence-electron chi connectivity index (χ1n) is 15.5. The molecule has 0 spiro atoms. The molecule has 0 N–H and O–H groups in total. The predicted molar refractivity (Wildman–Crippen MR) is 164 cm³/mol. The summed E-state index contributed by atoms with van der Waals surface area (Å²) in [5.74, 6) is -0.637. The van der Waals surface area contributed by atoms with E-state index in [-0.39, 0.29) is 71.0 Å². The van der Waals surface area contributed by atoms with Crippen LogP contribution < -0.4 is 9.80 Å². The molecule has 8 atom stereocenters. The van der Waals surface area contributed by atoms with Crippen molar-refractivity contribution < 1.29 is 19.2 Å². The Morgan fingerprint density at radius 3 is 1.33 bits per heavy atom. The van der Waals surface area contributed by atoms with E-state index in [0.29, 0.717) is 17.8 Å². The number of rotatable bonds is 8. The van der Waals surface area contributed by atoms with Crippen molar-refractivity contribution in [2.24, 2.45) is 47.3 Å². The average molecular weight is 571 g/mol. The Bertz CT molecular complexity index is 1540. The summed E-state index contributed by atoms with van der Waals surface area (Å²) in [6.07, 6.45) is 12.2. The van der Waals surface area contributed by atoms with Gasteiger partial charge in [-0.1, -0.05) is 59.7 Å². The number of imide groups is 2. The second-order valence-electron chi connectivity index (χ2n) is 13.1. The van der Waals surface area contributed by atoms with Gasteiger partial charge in [-0.15, -0.1) is 13.2 Å². The van der Waals surface area contributed by atoms with E-state index in [0.717, 1.165) is 36.8 Å². The third kappa shape index (κ3) is 3.71. The molecule has 2 saturated carbocycles. The van der Waals surface area contributed by atoms with Crippen LogP contribution in [0.5, 0.6) is 0 Å². The third-order valence-electron chi connectivity index (χ3n) is 11.0. The van der Waals surface area contributed by atoms with Crippen molar-refractivity contribution in [1.29, 1.82) is 0 Å². The molecule has 0 aromatic heterocycles. The molecule has 2 heterocycles. The van der Waals surface area contributed by atoms with Crippen molar-refractivity contribution in [2.45, 2.75) is 32.1 Å². The summed E-state index contributed by atoms with van der Waals surface area (Å²) in [5.41, 5.74) is 5.87. The zero-order valence-corrected chi connectivity index (χ0v) is 24.0. The van der Waals surface area contributed by atoms with Crippen LogP contribution in [0.4, 0.5) is 11.4 Å². The largest absolute Gasteiger partial charge is 0.274 e. The van der Waals surface area contributed by atoms with Gasteiger partial charge in [-0.2, -0.15) is 0 Å². The van der Waals surface area contributed by atoms with Gasteiger partial charge in [0.1, 0.15) is 0 Å². The molecule has 6 heteroatoms. The van der Waals surface area contributed by atoms with Crippen LogP contribution in [0, 0.1) is 47.3 Å². The molecule has 6 nitrogen and oxygen atoms in total. The maximum absolute atomic E-state index is 13.4. The molecule has 8 unspecified atom stereocenters. The number of hydrogen-bond acceptors (Lipinski definition) is 4. The highest BCUT2D eigenvalue weighted by atomic mass is 16.2. The summed E-state index contributed by atoms with van der Waals surface area (Å²) < 4.78 is 0. The van der Waals surface area contributed by atoms with Crippen LogP contribution in [0.15, 0.2) is 97.1 Å². The average Bonchev–Trinajstić information content (AvgIpc) is 3.83. The van der Waals surface area contributed by atoms with Crippen LogP contribution >= 0.6 is 0 Å². The zero-order chi connectivity index (χ0) is 29.6. The lowest BCUT2D eigenvalue weighted by Crippen LogP contribution is -2.33. The second kappa shape index (κ2) is 9.60. The van der Waals surface area contributed by atoms with E-state index in [1.165, 1.54) is 20.9 Å². The Morgan fingerprint density at radius 2 is 0.953 bits per heavy atom. The van der Waals surface area contributed by atoms with Gasteiger partial charge in [-0.3, -0.25) is 29.0 Å². The van der Waals surface area contributed by atoms with Crippen LogP contribution in [-0.4, -0.2) is 23.6 Å². The fourth-order valence-electron chi connectivity index (χ4n) is 9.29. The lowest BCUT2D eigenvalue weighted by molar-refractivity contribution is -0.124. The number of benzene rings is 2. The zero-order valence-electron chi connectivity index (χ0n) is 24.0. The van der Waals surface area contributed by atoms with Crippen molar-refractivity contribution in [1.82, 2.24) is 0 Å².